The van der Waals surface area contributed by atoms with E-state index in [0.29, 0.717) is 11.7 Å². The van der Waals surface area contributed by atoms with Crippen molar-refractivity contribution < 1.29 is 4.21 Å². The molecule has 2 atom stereocenters. The van der Waals surface area contributed by atoms with Gasteiger partial charge in [-0.2, -0.15) is 5.26 Å². The van der Waals surface area contributed by atoms with Crippen LogP contribution in [-0.4, -0.2) is 15.7 Å². The maximum Gasteiger partial charge on any atom is 0.0684 e. The van der Waals surface area contributed by atoms with Gasteiger partial charge in [0.1, 0.15) is 0 Å². The molecule has 0 amide bonds. The monoisotopic (exact) mass is 215 g/mol. The molecule has 2 unspecified atom stereocenters. The first-order chi connectivity index (χ1) is 6.41. The first-order valence-electron chi connectivity index (χ1n) is 5.17. The van der Waals surface area contributed by atoms with E-state index in [9.17, 15) is 4.21 Å². The van der Waals surface area contributed by atoms with Crippen LogP contribution in [0.15, 0.2) is 0 Å². The molecular formula is C11H21NOS. The van der Waals surface area contributed by atoms with E-state index < -0.39 is 10.8 Å². The van der Waals surface area contributed by atoms with Gasteiger partial charge in [-0.3, -0.25) is 4.21 Å². The highest BCUT2D eigenvalue weighted by atomic mass is 32.2. The molecule has 0 aromatic heterocycles. The third-order valence-corrected chi connectivity index (χ3v) is 4.03. The molecule has 0 N–H and O–H groups in total. The van der Waals surface area contributed by atoms with E-state index >= 15 is 0 Å². The van der Waals surface area contributed by atoms with Crippen LogP contribution in [0, 0.1) is 22.7 Å². The summed E-state index contributed by atoms with van der Waals surface area (Å²) in [6, 6.07) is 2.23. The molecule has 82 valence electrons. The van der Waals surface area contributed by atoms with E-state index in [4.69, 9.17) is 5.26 Å². The van der Waals surface area contributed by atoms with Crippen molar-refractivity contribution in [2.75, 3.05) is 11.5 Å². The molecule has 14 heavy (non-hydrogen) atoms. The van der Waals surface area contributed by atoms with Crippen LogP contribution in [0.4, 0.5) is 0 Å². The van der Waals surface area contributed by atoms with Crippen molar-refractivity contribution in [3.8, 4) is 6.07 Å². The number of nitrogens with zero attached hydrogens (tertiary/aromatic N) is 1. The Hall–Kier alpha value is -0.360. The summed E-state index contributed by atoms with van der Waals surface area (Å²) in [5.74, 6) is 1.96. The molecule has 0 bridgehead atoms. The van der Waals surface area contributed by atoms with Gasteiger partial charge in [0.25, 0.3) is 0 Å². The molecule has 2 nitrogen and oxygen atoms in total. The molecule has 0 saturated heterocycles. The zero-order chi connectivity index (χ0) is 11.2. The van der Waals surface area contributed by atoms with E-state index in [-0.39, 0.29) is 5.41 Å². The summed E-state index contributed by atoms with van der Waals surface area (Å²) in [5.41, 5.74) is -0.328. The van der Waals surface area contributed by atoms with Crippen molar-refractivity contribution in [1.82, 2.24) is 0 Å². The zero-order valence-corrected chi connectivity index (χ0v) is 10.5. The molecule has 0 rings (SSSR count). The Bertz CT molecular complexity index is 230. The lowest BCUT2D eigenvalue weighted by molar-refractivity contribution is 0.478. The van der Waals surface area contributed by atoms with Gasteiger partial charge < -0.3 is 0 Å². The highest BCUT2D eigenvalue weighted by Crippen LogP contribution is 2.19. The topological polar surface area (TPSA) is 40.9 Å². The van der Waals surface area contributed by atoms with Crippen LogP contribution in [0.5, 0.6) is 0 Å². The maximum atomic E-state index is 11.6. The SMILES string of the molecule is CCC(C)CS(=O)CCC(C)(C)C#N. The van der Waals surface area contributed by atoms with E-state index in [1.54, 1.807) is 0 Å². The van der Waals surface area contributed by atoms with E-state index in [1.165, 1.54) is 0 Å². The van der Waals surface area contributed by atoms with Crippen LogP contribution in [0.1, 0.15) is 40.5 Å². The van der Waals surface area contributed by atoms with Gasteiger partial charge in [0.2, 0.25) is 0 Å². The Morgan fingerprint density at radius 2 is 2.07 bits per heavy atom. The Morgan fingerprint density at radius 1 is 1.50 bits per heavy atom. The van der Waals surface area contributed by atoms with Crippen molar-refractivity contribution in [2.45, 2.75) is 40.5 Å². The first kappa shape index (κ1) is 13.6. The van der Waals surface area contributed by atoms with Crippen molar-refractivity contribution in [3.63, 3.8) is 0 Å². The summed E-state index contributed by atoms with van der Waals surface area (Å²) < 4.78 is 11.6. The highest BCUT2D eigenvalue weighted by molar-refractivity contribution is 7.84. The molecule has 0 heterocycles. The summed E-state index contributed by atoms with van der Waals surface area (Å²) in [5, 5.41) is 8.79. The molecular weight excluding hydrogens is 194 g/mol. The third kappa shape index (κ3) is 6.15. The van der Waals surface area contributed by atoms with Crippen molar-refractivity contribution in [2.24, 2.45) is 11.3 Å². The van der Waals surface area contributed by atoms with Crippen LogP contribution < -0.4 is 0 Å². The molecule has 0 aromatic carbocycles. The Labute approximate surface area is 90.2 Å². The normalized spacial score (nSPS) is 15.9. The average Bonchev–Trinajstić information content (AvgIpc) is 2.15. The highest BCUT2D eigenvalue weighted by Gasteiger charge is 2.18. The molecule has 0 aliphatic rings. The second-order valence-electron chi connectivity index (χ2n) is 4.57. The van der Waals surface area contributed by atoms with Gasteiger partial charge in [0.15, 0.2) is 0 Å². The average molecular weight is 215 g/mol. The zero-order valence-electron chi connectivity index (χ0n) is 9.67. The maximum absolute atomic E-state index is 11.6. The summed E-state index contributed by atoms with van der Waals surface area (Å²) in [7, 11) is -0.749. The molecule has 3 heteroatoms. The van der Waals surface area contributed by atoms with Gasteiger partial charge in [-0.1, -0.05) is 20.3 Å². The van der Waals surface area contributed by atoms with E-state index in [2.05, 4.69) is 19.9 Å². The summed E-state index contributed by atoms with van der Waals surface area (Å²) in [4.78, 5) is 0. The lowest BCUT2D eigenvalue weighted by Crippen LogP contribution is -2.16. The van der Waals surface area contributed by atoms with Gasteiger partial charge >= 0.3 is 0 Å². The minimum Gasteiger partial charge on any atom is -0.260 e. The first-order valence-corrected chi connectivity index (χ1v) is 6.66. The quantitative estimate of drug-likeness (QED) is 0.683. The smallest absolute Gasteiger partial charge is 0.0684 e. The minimum absolute atomic E-state index is 0.328. The standard InChI is InChI=1S/C11H21NOS/c1-5-10(2)8-14(13)7-6-11(3,4)9-12/h10H,5-8H2,1-4H3. The fourth-order valence-electron chi connectivity index (χ4n) is 0.943. The lowest BCUT2D eigenvalue weighted by Gasteiger charge is -2.15. The lowest BCUT2D eigenvalue weighted by atomic mass is 9.93. The van der Waals surface area contributed by atoms with Gasteiger partial charge in [-0.05, 0) is 26.2 Å². The van der Waals surface area contributed by atoms with Crippen LogP contribution in [0.25, 0.3) is 0 Å². The number of hydrogen-bond acceptors (Lipinski definition) is 2. The number of hydrogen-bond donors (Lipinski definition) is 0. The molecule has 0 spiro atoms. The summed E-state index contributed by atoms with van der Waals surface area (Å²) in [6.07, 6.45) is 1.81. The van der Waals surface area contributed by atoms with Crippen molar-refractivity contribution in [1.29, 1.82) is 5.26 Å². The van der Waals surface area contributed by atoms with E-state index in [1.807, 2.05) is 13.8 Å². The molecule has 0 radical (unpaired) electrons. The Balaban J connectivity index is 3.82. The minimum atomic E-state index is -0.749. The summed E-state index contributed by atoms with van der Waals surface area (Å²) >= 11 is 0. The Morgan fingerprint density at radius 3 is 2.50 bits per heavy atom. The van der Waals surface area contributed by atoms with Gasteiger partial charge in [-0.25, -0.2) is 0 Å². The third-order valence-electron chi connectivity index (χ3n) is 2.42. The van der Waals surface area contributed by atoms with Crippen molar-refractivity contribution >= 4 is 10.8 Å². The fourth-order valence-corrected chi connectivity index (χ4v) is 2.72. The van der Waals surface area contributed by atoms with Gasteiger partial charge in [0, 0.05) is 22.3 Å². The number of nitriles is 1. The van der Waals surface area contributed by atoms with Gasteiger partial charge in [0.05, 0.1) is 11.5 Å². The second-order valence-corrected chi connectivity index (χ2v) is 6.19. The van der Waals surface area contributed by atoms with Gasteiger partial charge in [-0.15, -0.1) is 0 Å². The Kier molecular flexibility index (Phi) is 6.03. The molecule has 0 aliphatic carbocycles. The predicted molar refractivity (Wildman–Crippen MR) is 61.3 cm³/mol. The van der Waals surface area contributed by atoms with Crippen molar-refractivity contribution in [3.05, 3.63) is 0 Å². The largest absolute Gasteiger partial charge is 0.260 e. The molecule has 0 aliphatic heterocycles. The van der Waals surface area contributed by atoms with Crippen LogP contribution in [0.3, 0.4) is 0 Å². The fraction of sp³-hybridized carbons (Fsp3) is 0.909. The molecule has 0 saturated carbocycles. The predicted octanol–water partition coefficient (Wildman–Crippen LogP) is 2.72. The molecule has 0 aromatic rings. The van der Waals surface area contributed by atoms with Crippen LogP contribution in [-0.2, 0) is 10.8 Å². The molecule has 0 fully saturated rings. The van der Waals surface area contributed by atoms with Crippen LogP contribution >= 0.6 is 0 Å². The summed E-state index contributed by atoms with van der Waals surface area (Å²) in [6.45, 7) is 8.02. The second kappa shape index (κ2) is 6.19. The van der Waals surface area contributed by atoms with Crippen LogP contribution in [0.2, 0.25) is 0 Å². The number of rotatable bonds is 6. The van der Waals surface area contributed by atoms with E-state index in [0.717, 1.165) is 18.6 Å².